The molecule has 2 aromatic heterocycles. The first-order chi connectivity index (χ1) is 16.1. The van der Waals surface area contributed by atoms with Gasteiger partial charge in [-0.25, -0.2) is 0 Å². The second-order valence-electron chi connectivity index (χ2n) is 8.93. The van der Waals surface area contributed by atoms with Gasteiger partial charge in [0.05, 0.1) is 24.4 Å². The van der Waals surface area contributed by atoms with Gasteiger partial charge >= 0.3 is 0 Å². The molecule has 2 aliphatic rings. The zero-order valence-electron chi connectivity index (χ0n) is 19.0. The third kappa shape index (κ3) is 4.70. The summed E-state index contributed by atoms with van der Waals surface area (Å²) in [5.41, 5.74) is 4.61. The molecule has 0 saturated carbocycles. The molecule has 3 aromatic rings. The Morgan fingerprint density at radius 1 is 1.18 bits per heavy atom. The van der Waals surface area contributed by atoms with Crippen LogP contribution in [0.2, 0.25) is 0 Å². The van der Waals surface area contributed by atoms with E-state index in [4.69, 9.17) is 9.15 Å². The van der Waals surface area contributed by atoms with Crippen molar-refractivity contribution in [2.24, 2.45) is 0 Å². The van der Waals surface area contributed by atoms with Crippen LogP contribution in [0.25, 0.3) is 11.0 Å². The number of amides is 2. The Bertz CT molecular complexity index is 1170. The number of hydrogen-bond acceptors (Lipinski definition) is 5. The first-order valence-corrected chi connectivity index (χ1v) is 12.8. The van der Waals surface area contributed by atoms with Crippen LogP contribution in [0, 0.1) is 0 Å². The van der Waals surface area contributed by atoms with E-state index in [1.807, 2.05) is 12.1 Å². The average Bonchev–Trinajstić information content (AvgIpc) is 3.56. The molecule has 2 amide bonds. The molecule has 0 spiro atoms. The van der Waals surface area contributed by atoms with Crippen molar-refractivity contribution in [1.29, 1.82) is 0 Å². The molecule has 174 valence electrons. The first kappa shape index (κ1) is 22.2. The van der Waals surface area contributed by atoms with Crippen LogP contribution in [0.15, 0.2) is 28.9 Å². The number of carbonyl (C=O) groups is 2. The van der Waals surface area contributed by atoms with E-state index in [0.29, 0.717) is 17.1 Å². The van der Waals surface area contributed by atoms with Gasteiger partial charge in [0.1, 0.15) is 10.6 Å². The van der Waals surface area contributed by atoms with E-state index in [1.165, 1.54) is 10.4 Å². The Labute approximate surface area is 197 Å². The third-order valence-electron chi connectivity index (χ3n) is 6.64. The predicted molar refractivity (Wildman–Crippen MR) is 130 cm³/mol. The van der Waals surface area contributed by atoms with E-state index in [9.17, 15) is 9.59 Å². The monoisotopic (exact) mass is 466 g/mol. The van der Waals surface area contributed by atoms with E-state index >= 15 is 0 Å². The van der Waals surface area contributed by atoms with Crippen LogP contribution in [0.1, 0.15) is 64.5 Å². The Morgan fingerprint density at radius 2 is 2.06 bits per heavy atom. The van der Waals surface area contributed by atoms with Crippen LogP contribution in [0.5, 0.6) is 0 Å². The lowest BCUT2D eigenvalue weighted by molar-refractivity contribution is -0.115. The van der Waals surface area contributed by atoms with Gasteiger partial charge in [-0.1, -0.05) is 13.0 Å². The van der Waals surface area contributed by atoms with Crippen LogP contribution in [-0.2, 0) is 35.2 Å². The second kappa shape index (κ2) is 9.69. The smallest absolute Gasteiger partial charge is 0.254 e. The topological polar surface area (TPSA) is 80.6 Å². The highest BCUT2D eigenvalue weighted by Gasteiger charge is 2.27. The highest BCUT2D eigenvalue weighted by molar-refractivity contribution is 7.17. The number of benzene rings is 1. The minimum atomic E-state index is -0.133. The van der Waals surface area contributed by atoms with Crippen LogP contribution < -0.4 is 10.6 Å². The lowest BCUT2D eigenvalue weighted by Gasteiger charge is -2.15. The maximum Gasteiger partial charge on any atom is 0.254 e. The summed E-state index contributed by atoms with van der Waals surface area (Å²) in [6.45, 7) is 3.38. The highest BCUT2D eigenvalue weighted by atomic mass is 32.1. The fraction of sp³-hybridized carbons (Fsp3) is 0.462. The van der Waals surface area contributed by atoms with Crippen LogP contribution in [0.4, 0.5) is 5.00 Å². The Balaban J connectivity index is 1.34. The summed E-state index contributed by atoms with van der Waals surface area (Å²) in [5, 5.41) is 7.75. The SMILES string of the molecule is CCc1ccc2occ(CC(=O)Nc3sc4c(c3C(=O)NC[C@@H]3CCCO3)CCCC4)c2c1. The number of thiophene rings is 1. The Morgan fingerprint density at radius 3 is 2.88 bits per heavy atom. The van der Waals surface area contributed by atoms with E-state index in [2.05, 4.69) is 23.6 Å². The Kier molecular flexibility index (Phi) is 6.51. The maximum atomic E-state index is 13.2. The summed E-state index contributed by atoms with van der Waals surface area (Å²) < 4.78 is 11.3. The number of ether oxygens (including phenoxy) is 1. The summed E-state index contributed by atoms with van der Waals surface area (Å²) in [6.07, 6.45) is 8.95. The molecule has 3 heterocycles. The van der Waals surface area contributed by atoms with Gasteiger partial charge in [-0.2, -0.15) is 0 Å². The van der Waals surface area contributed by atoms with Crippen molar-refractivity contribution in [2.75, 3.05) is 18.5 Å². The fourth-order valence-corrected chi connectivity index (χ4v) is 6.13. The van der Waals surface area contributed by atoms with Crippen LogP contribution >= 0.6 is 11.3 Å². The van der Waals surface area contributed by atoms with Gasteiger partial charge in [0, 0.05) is 29.0 Å². The average molecular weight is 467 g/mol. The number of anilines is 1. The highest BCUT2D eigenvalue weighted by Crippen LogP contribution is 2.38. The van der Waals surface area contributed by atoms with Crippen molar-refractivity contribution in [3.8, 4) is 0 Å². The zero-order valence-corrected chi connectivity index (χ0v) is 19.8. The summed E-state index contributed by atoms with van der Waals surface area (Å²) in [5.74, 6) is -0.243. The third-order valence-corrected chi connectivity index (χ3v) is 7.85. The van der Waals surface area contributed by atoms with Crippen molar-refractivity contribution in [1.82, 2.24) is 5.32 Å². The molecule has 1 saturated heterocycles. The molecular weight excluding hydrogens is 436 g/mol. The van der Waals surface area contributed by atoms with Crippen molar-refractivity contribution >= 4 is 39.1 Å². The molecule has 1 atom stereocenters. The molecular formula is C26H30N2O4S. The van der Waals surface area contributed by atoms with Crippen molar-refractivity contribution in [3.05, 3.63) is 51.6 Å². The Hall–Kier alpha value is -2.64. The van der Waals surface area contributed by atoms with Gasteiger partial charge in [0.15, 0.2) is 0 Å². The molecule has 7 heteroatoms. The first-order valence-electron chi connectivity index (χ1n) is 12.0. The molecule has 6 nitrogen and oxygen atoms in total. The lowest BCUT2D eigenvalue weighted by Crippen LogP contribution is -2.32. The quantitative estimate of drug-likeness (QED) is 0.512. The van der Waals surface area contributed by atoms with Gasteiger partial charge in [-0.3, -0.25) is 9.59 Å². The number of fused-ring (bicyclic) bond motifs is 2. The van der Waals surface area contributed by atoms with Crippen LogP contribution in [-0.4, -0.2) is 31.1 Å². The number of rotatable bonds is 7. The maximum absolute atomic E-state index is 13.2. The number of nitrogens with one attached hydrogen (secondary N) is 2. The van der Waals surface area contributed by atoms with Gasteiger partial charge in [0.2, 0.25) is 5.91 Å². The molecule has 1 aliphatic heterocycles. The molecule has 5 rings (SSSR count). The zero-order chi connectivity index (χ0) is 22.8. The van der Waals surface area contributed by atoms with Gasteiger partial charge in [-0.15, -0.1) is 11.3 Å². The largest absolute Gasteiger partial charge is 0.464 e. The minimum Gasteiger partial charge on any atom is -0.464 e. The summed E-state index contributed by atoms with van der Waals surface area (Å²) >= 11 is 1.55. The van der Waals surface area contributed by atoms with Gasteiger partial charge in [-0.05, 0) is 68.2 Å². The van der Waals surface area contributed by atoms with Crippen molar-refractivity contribution in [2.45, 2.75) is 64.4 Å². The van der Waals surface area contributed by atoms with E-state index in [0.717, 1.165) is 73.6 Å². The van der Waals surface area contributed by atoms with Gasteiger partial charge in [0.25, 0.3) is 5.91 Å². The summed E-state index contributed by atoms with van der Waals surface area (Å²) in [7, 11) is 0. The van der Waals surface area contributed by atoms with Crippen molar-refractivity contribution < 1.29 is 18.7 Å². The molecule has 33 heavy (non-hydrogen) atoms. The number of furan rings is 1. The molecule has 0 unspecified atom stereocenters. The van der Waals surface area contributed by atoms with E-state index in [1.54, 1.807) is 17.6 Å². The second-order valence-corrected chi connectivity index (χ2v) is 10.0. The summed E-state index contributed by atoms with van der Waals surface area (Å²) in [4.78, 5) is 27.4. The van der Waals surface area contributed by atoms with E-state index < -0.39 is 0 Å². The molecule has 0 radical (unpaired) electrons. The fourth-order valence-electron chi connectivity index (χ4n) is 4.82. The molecule has 2 N–H and O–H groups in total. The lowest BCUT2D eigenvalue weighted by atomic mass is 9.95. The minimum absolute atomic E-state index is 0.0869. The number of aryl methyl sites for hydroxylation is 2. The number of carbonyl (C=O) groups excluding carboxylic acids is 2. The molecule has 0 bridgehead atoms. The van der Waals surface area contributed by atoms with E-state index in [-0.39, 0.29) is 24.3 Å². The summed E-state index contributed by atoms with van der Waals surface area (Å²) in [6, 6.07) is 6.10. The molecule has 1 aromatic carbocycles. The van der Waals surface area contributed by atoms with Gasteiger partial charge < -0.3 is 19.8 Å². The molecule has 1 fully saturated rings. The predicted octanol–water partition coefficient (Wildman–Crippen LogP) is 5.03. The number of hydrogen-bond donors (Lipinski definition) is 2. The van der Waals surface area contributed by atoms with Crippen molar-refractivity contribution in [3.63, 3.8) is 0 Å². The normalized spacial score (nSPS) is 17.8. The van der Waals surface area contributed by atoms with Crippen LogP contribution in [0.3, 0.4) is 0 Å². The molecule has 1 aliphatic carbocycles. The standard InChI is InChI=1S/C26H30N2O4S/c1-2-16-9-10-21-20(12-16)17(15-32-21)13-23(29)28-26-24(19-7-3-4-8-22(19)33-26)25(30)27-14-18-6-5-11-31-18/h9-10,12,15,18H,2-8,11,13-14H2,1H3,(H,27,30)(H,28,29)/t18-/m0/s1.